The van der Waals surface area contributed by atoms with Gasteiger partial charge in [0.1, 0.15) is 0 Å². The SMILES string of the molecule is N=NC1C=CC(N)=C(c2ncc[nH]2)O1. The summed E-state index contributed by atoms with van der Waals surface area (Å²) in [7, 11) is 0. The van der Waals surface area contributed by atoms with Gasteiger partial charge >= 0.3 is 0 Å². The van der Waals surface area contributed by atoms with Crippen molar-refractivity contribution in [1.29, 1.82) is 5.53 Å². The lowest BCUT2D eigenvalue weighted by Gasteiger charge is -2.17. The maximum absolute atomic E-state index is 6.83. The summed E-state index contributed by atoms with van der Waals surface area (Å²) in [5, 5.41) is 3.25. The molecule has 1 unspecified atom stereocenters. The fourth-order valence-corrected chi connectivity index (χ4v) is 1.14. The minimum Gasteiger partial charge on any atom is -0.457 e. The lowest BCUT2D eigenvalue weighted by Crippen LogP contribution is -2.15. The summed E-state index contributed by atoms with van der Waals surface area (Å²) >= 11 is 0. The lowest BCUT2D eigenvalue weighted by molar-refractivity contribution is 0.202. The van der Waals surface area contributed by atoms with Gasteiger partial charge in [-0.15, -0.1) is 5.11 Å². The Morgan fingerprint density at radius 1 is 1.64 bits per heavy atom. The minimum atomic E-state index is -0.609. The van der Waals surface area contributed by atoms with Crippen molar-refractivity contribution in [1.82, 2.24) is 9.97 Å². The standard InChI is InChI=1S/C8H9N5O/c9-5-1-2-6(13-10)14-7(5)8-11-3-4-12-8/h1-4,6,10H,9H2,(H,11,12). The van der Waals surface area contributed by atoms with Crippen LogP contribution in [0.5, 0.6) is 0 Å². The third kappa shape index (κ3) is 1.37. The van der Waals surface area contributed by atoms with Crippen LogP contribution < -0.4 is 5.73 Å². The maximum atomic E-state index is 6.83. The zero-order valence-electron chi connectivity index (χ0n) is 7.27. The van der Waals surface area contributed by atoms with Crippen molar-refractivity contribution < 1.29 is 4.74 Å². The molecule has 72 valence electrons. The Hall–Kier alpha value is -2.11. The van der Waals surface area contributed by atoms with Crippen LogP contribution in [0, 0.1) is 5.53 Å². The molecular weight excluding hydrogens is 182 g/mol. The number of H-pyrrole nitrogens is 1. The molecule has 1 aromatic rings. The topological polar surface area (TPSA) is 100 Å². The smallest absolute Gasteiger partial charge is 0.228 e. The summed E-state index contributed by atoms with van der Waals surface area (Å²) in [6, 6.07) is 0. The Balaban J connectivity index is 2.34. The van der Waals surface area contributed by atoms with Crippen LogP contribution in [0.3, 0.4) is 0 Å². The molecule has 0 fully saturated rings. The van der Waals surface area contributed by atoms with Crippen LogP contribution in [0.4, 0.5) is 0 Å². The van der Waals surface area contributed by atoms with Gasteiger partial charge in [-0.25, -0.2) is 10.5 Å². The quantitative estimate of drug-likeness (QED) is 0.607. The molecule has 0 spiro atoms. The third-order valence-corrected chi connectivity index (χ3v) is 1.78. The molecule has 14 heavy (non-hydrogen) atoms. The average Bonchev–Trinajstić information content (AvgIpc) is 2.71. The Kier molecular flexibility index (Phi) is 2.02. The molecular formula is C8H9N5O. The van der Waals surface area contributed by atoms with Gasteiger partial charge in [0.05, 0.1) is 5.70 Å². The van der Waals surface area contributed by atoms with Gasteiger partial charge in [0.25, 0.3) is 0 Å². The number of aromatic nitrogens is 2. The highest BCUT2D eigenvalue weighted by atomic mass is 16.5. The molecule has 0 amide bonds. The second-order valence-electron chi connectivity index (χ2n) is 2.72. The Morgan fingerprint density at radius 3 is 3.14 bits per heavy atom. The number of hydrogen-bond donors (Lipinski definition) is 3. The van der Waals surface area contributed by atoms with Crippen LogP contribution in [0.25, 0.3) is 5.76 Å². The number of rotatable bonds is 2. The van der Waals surface area contributed by atoms with Gasteiger partial charge in [-0.1, -0.05) is 0 Å². The first kappa shape index (κ1) is 8.49. The summed E-state index contributed by atoms with van der Waals surface area (Å²) in [6.07, 6.45) is 5.93. The van der Waals surface area contributed by atoms with E-state index in [4.69, 9.17) is 16.0 Å². The van der Waals surface area contributed by atoms with Gasteiger partial charge in [0.15, 0.2) is 11.6 Å². The predicted molar refractivity (Wildman–Crippen MR) is 48.9 cm³/mol. The van der Waals surface area contributed by atoms with Crippen LogP contribution in [-0.2, 0) is 4.74 Å². The first-order chi connectivity index (χ1) is 6.81. The maximum Gasteiger partial charge on any atom is 0.228 e. The molecule has 0 radical (unpaired) electrons. The molecule has 1 aliphatic rings. The number of nitrogens with zero attached hydrogens (tertiary/aromatic N) is 2. The van der Waals surface area contributed by atoms with Gasteiger partial charge < -0.3 is 15.5 Å². The monoisotopic (exact) mass is 191 g/mol. The number of hydrogen-bond acceptors (Lipinski definition) is 5. The lowest BCUT2D eigenvalue weighted by atomic mass is 10.2. The number of aromatic amines is 1. The van der Waals surface area contributed by atoms with E-state index < -0.39 is 6.23 Å². The molecule has 1 aromatic heterocycles. The second-order valence-corrected chi connectivity index (χ2v) is 2.72. The normalized spacial score (nSPS) is 20.7. The largest absolute Gasteiger partial charge is 0.457 e. The summed E-state index contributed by atoms with van der Waals surface area (Å²) in [5.74, 6) is 0.971. The Labute approximate surface area is 80.0 Å². The Morgan fingerprint density at radius 2 is 2.50 bits per heavy atom. The van der Waals surface area contributed by atoms with E-state index >= 15 is 0 Å². The van der Waals surface area contributed by atoms with Crippen molar-refractivity contribution in [2.45, 2.75) is 6.23 Å². The number of allylic oxidation sites excluding steroid dienone is 1. The molecule has 1 atom stereocenters. The molecule has 1 aliphatic heterocycles. The summed E-state index contributed by atoms with van der Waals surface area (Å²) in [4.78, 5) is 6.88. The predicted octanol–water partition coefficient (Wildman–Crippen LogP) is 0.980. The van der Waals surface area contributed by atoms with E-state index in [1.165, 1.54) is 0 Å². The van der Waals surface area contributed by atoms with Crippen molar-refractivity contribution in [2.24, 2.45) is 10.8 Å². The molecule has 4 N–H and O–H groups in total. The van der Waals surface area contributed by atoms with E-state index in [9.17, 15) is 0 Å². The number of nitrogens with one attached hydrogen (secondary N) is 2. The van der Waals surface area contributed by atoms with Crippen molar-refractivity contribution in [3.8, 4) is 0 Å². The van der Waals surface area contributed by atoms with E-state index in [1.807, 2.05) is 0 Å². The fraction of sp³-hybridized carbons (Fsp3) is 0.125. The van der Waals surface area contributed by atoms with Gasteiger partial charge in [-0.3, -0.25) is 0 Å². The highest BCUT2D eigenvalue weighted by Crippen LogP contribution is 2.21. The molecule has 2 rings (SSSR count). The summed E-state index contributed by atoms with van der Waals surface area (Å²) in [5.41, 5.74) is 13.0. The van der Waals surface area contributed by atoms with Crippen LogP contribution in [0.15, 0.2) is 35.4 Å². The van der Waals surface area contributed by atoms with Gasteiger partial charge in [-0.2, -0.15) is 0 Å². The second kappa shape index (κ2) is 3.33. The number of imidazole rings is 1. The molecule has 6 heteroatoms. The van der Waals surface area contributed by atoms with Crippen molar-refractivity contribution in [3.63, 3.8) is 0 Å². The average molecular weight is 191 g/mol. The first-order valence-electron chi connectivity index (χ1n) is 4.02. The highest BCUT2D eigenvalue weighted by molar-refractivity contribution is 5.60. The third-order valence-electron chi connectivity index (χ3n) is 1.78. The van der Waals surface area contributed by atoms with Crippen molar-refractivity contribution in [3.05, 3.63) is 36.1 Å². The minimum absolute atomic E-state index is 0.429. The van der Waals surface area contributed by atoms with Crippen LogP contribution in [-0.4, -0.2) is 16.2 Å². The van der Waals surface area contributed by atoms with E-state index in [2.05, 4.69) is 15.1 Å². The molecule has 0 bridgehead atoms. The van der Waals surface area contributed by atoms with Crippen LogP contribution >= 0.6 is 0 Å². The zero-order valence-corrected chi connectivity index (χ0v) is 7.27. The molecule has 0 aliphatic carbocycles. The summed E-state index contributed by atoms with van der Waals surface area (Å²) in [6.45, 7) is 0. The first-order valence-corrected chi connectivity index (χ1v) is 4.02. The van der Waals surface area contributed by atoms with Crippen LogP contribution in [0.2, 0.25) is 0 Å². The van der Waals surface area contributed by atoms with Crippen molar-refractivity contribution in [2.75, 3.05) is 0 Å². The number of nitrogens with two attached hydrogens (primary N) is 1. The molecule has 2 heterocycles. The van der Waals surface area contributed by atoms with E-state index in [-0.39, 0.29) is 0 Å². The van der Waals surface area contributed by atoms with Crippen molar-refractivity contribution >= 4 is 5.76 Å². The summed E-state index contributed by atoms with van der Waals surface area (Å²) < 4.78 is 5.31. The van der Waals surface area contributed by atoms with E-state index in [0.717, 1.165) is 0 Å². The Bertz CT molecular complexity index is 392. The van der Waals surface area contributed by atoms with E-state index in [0.29, 0.717) is 17.3 Å². The zero-order chi connectivity index (χ0) is 9.97. The number of ether oxygens (including phenoxy) is 1. The molecule has 6 nitrogen and oxygen atoms in total. The molecule has 0 saturated carbocycles. The van der Waals surface area contributed by atoms with Gasteiger partial charge in [0, 0.05) is 12.4 Å². The van der Waals surface area contributed by atoms with E-state index in [1.54, 1.807) is 24.5 Å². The van der Waals surface area contributed by atoms with Gasteiger partial charge in [-0.05, 0) is 12.2 Å². The highest BCUT2D eigenvalue weighted by Gasteiger charge is 2.18. The molecule has 0 saturated heterocycles. The van der Waals surface area contributed by atoms with Crippen LogP contribution in [0.1, 0.15) is 5.82 Å². The fourth-order valence-electron chi connectivity index (χ4n) is 1.14. The molecule has 0 aromatic carbocycles. The van der Waals surface area contributed by atoms with Gasteiger partial charge in [0.2, 0.25) is 6.23 Å².